The normalized spacial score (nSPS) is 41.9. The fraction of sp³-hybridized carbons (Fsp3) is 0.868. The molecule has 5 aliphatic rings. The van der Waals surface area contributed by atoms with Gasteiger partial charge in [-0.3, -0.25) is 14.4 Å². The summed E-state index contributed by atoms with van der Waals surface area (Å²) in [6.45, 7) is 17.2. The molecule has 0 N–H and O–H groups in total. The van der Waals surface area contributed by atoms with E-state index in [1.165, 1.54) is 13.5 Å². The maximum absolute atomic E-state index is 13.5. The summed E-state index contributed by atoms with van der Waals surface area (Å²) in [6.07, 6.45) is 14.9. The third-order valence-electron chi connectivity index (χ3n) is 14.7. The van der Waals surface area contributed by atoms with Gasteiger partial charge in [0.25, 0.3) is 0 Å². The number of fused-ring (bicyclic) bond motifs is 7. The average Bonchev–Trinajstić information content (AvgIpc) is 2.96. The highest BCUT2D eigenvalue weighted by Gasteiger charge is 2.69. The number of unbranched alkanes of at least 4 members (excludes halogenated alkanes) is 1. The predicted octanol–water partition coefficient (Wildman–Crippen LogP) is 8.61. The summed E-state index contributed by atoms with van der Waals surface area (Å²) in [5.41, 5.74) is 1.70. The first-order valence-electron chi connectivity index (χ1n) is 17.6. The van der Waals surface area contributed by atoms with Crippen molar-refractivity contribution in [1.82, 2.24) is 0 Å². The van der Waals surface area contributed by atoms with Gasteiger partial charge in [-0.2, -0.15) is 0 Å². The fourth-order valence-corrected chi connectivity index (χ4v) is 11.9. The van der Waals surface area contributed by atoms with Crippen molar-refractivity contribution in [3.8, 4) is 0 Å². The lowest BCUT2D eigenvalue weighted by atomic mass is 9.33. The second-order valence-electron chi connectivity index (χ2n) is 17.5. The predicted molar refractivity (Wildman–Crippen MR) is 171 cm³/mol. The van der Waals surface area contributed by atoms with Crippen LogP contribution >= 0.6 is 0 Å². The molecule has 5 aliphatic carbocycles. The number of carbonyl (C=O) groups is 3. The summed E-state index contributed by atoms with van der Waals surface area (Å²) in [4.78, 5) is 37.8. The Morgan fingerprint density at radius 3 is 2.09 bits per heavy atom. The zero-order valence-corrected chi connectivity index (χ0v) is 29.2. The Bertz CT molecular complexity index is 1180. The zero-order valence-electron chi connectivity index (χ0n) is 29.2. The lowest BCUT2D eigenvalue weighted by molar-refractivity contribution is -0.214. The minimum Gasteiger partial charge on any atom is -0.469 e. The average molecular weight is 613 g/mol. The van der Waals surface area contributed by atoms with Crippen LogP contribution in [0.2, 0.25) is 0 Å². The molecule has 0 amide bonds. The molecule has 0 saturated heterocycles. The second-order valence-corrected chi connectivity index (χ2v) is 17.5. The van der Waals surface area contributed by atoms with E-state index in [-0.39, 0.29) is 62.4 Å². The molecular formula is C38H60O6. The number of carbonyl (C=O) groups excluding carboxylic acids is 3. The van der Waals surface area contributed by atoms with Crippen LogP contribution in [0, 0.1) is 50.2 Å². The van der Waals surface area contributed by atoms with Crippen LogP contribution < -0.4 is 0 Å². The van der Waals surface area contributed by atoms with E-state index >= 15 is 0 Å². The van der Waals surface area contributed by atoms with E-state index in [4.69, 9.17) is 14.2 Å². The van der Waals surface area contributed by atoms with E-state index in [0.717, 1.165) is 57.8 Å². The number of allylic oxidation sites excluding steroid dienone is 2. The first-order valence-corrected chi connectivity index (χ1v) is 17.6. The molecule has 5 rings (SSSR count). The van der Waals surface area contributed by atoms with Gasteiger partial charge in [0.05, 0.1) is 19.6 Å². The van der Waals surface area contributed by atoms with Crippen LogP contribution in [0.3, 0.4) is 0 Å². The highest BCUT2D eigenvalue weighted by molar-refractivity contribution is 5.78. The van der Waals surface area contributed by atoms with Crippen LogP contribution in [0.5, 0.6) is 0 Å². The van der Waals surface area contributed by atoms with Crippen molar-refractivity contribution in [2.45, 2.75) is 144 Å². The molecule has 0 radical (unpaired) electrons. The fourth-order valence-electron chi connectivity index (χ4n) is 11.9. The van der Waals surface area contributed by atoms with Gasteiger partial charge >= 0.3 is 17.9 Å². The van der Waals surface area contributed by atoms with Gasteiger partial charge in [-0.05, 0) is 116 Å². The quantitative estimate of drug-likeness (QED) is 0.124. The van der Waals surface area contributed by atoms with Crippen LogP contribution in [-0.4, -0.2) is 38.2 Å². The summed E-state index contributed by atoms with van der Waals surface area (Å²) < 4.78 is 16.5. The van der Waals surface area contributed by atoms with Crippen molar-refractivity contribution in [3.63, 3.8) is 0 Å². The molecular weight excluding hydrogens is 552 g/mol. The molecule has 0 aromatic rings. The summed E-state index contributed by atoms with van der Waals surface area (Å²) in [7, 11) is 2.98. The molecule has 6 heteroatoms. The summed E-state index contributed by atoms with van der Waals surface area (Å²) in [5.74, 6) is 0.943. The molecule has 0 spiro atoms. The zero-order chi connectivity index (χ0) is 32.3. The largest absolute Gasteiger partial charge is 0.469 e. The van der Waals surface area contributed by atoms with Crippen molar-refractivity contribution in [1.29, 1.82) is 0 Å². The highest BCUT2D eigenvalue weighted by atomic mass is 16.5. The van der Waals surface area contributed by atoms with Gasteiger partial charge in [0.1, 0.15) is 6.10 Å². The standard InChI is InChI=1S/C38H60O6/c1-33(2)20-22-38(32(41)43-9)23-21-36(6)25(26(38)24-33)14-15-28-35(5)18-17-29(34(3,4)27(35)16-19-37(28,36)7)44-31(40)13-11-10-12-30(39)42-8/h14,26-29H,10-13,15-24H2,1-9H3/t26?,27?,28?,29-,35-,36+,37+,38-/m0/s1. The molecule has 6 nitrogen and oxygen atoms in total. The van der Waals surface area contributed by atoms with Crippen molar-refractivity contribution < 1.29 is 28.6 Å². The first-order chi connectivity index (χ1) is 20.5. The van der Waals surface area contributed by atoms with Gasteiger partial charge < -0.3 is 14.2 Å². The Labute approximate surface area is 266 Å². The Hall–Kier alpha value is -1.85. The van der Waals surface area contributed by atoms with Gasteiger partial charge in [-0.15, -0.1) is 0 Å². The van der Waals surface area contributed by atoms with Gasteiger partial charge in [0.2, 0.25) is 0 Å². The lowest BCUT2D eigenvalue weighted by Crippen LogP contribution is -2.65. The van der Waals surface area contributed by atoms with E-state index in [1.54, 1.807) is 12.7 Å². The molecule has 248 valence electrons. The van der Waals surface area contributed by atoms with Crippen LogP contribution in [0.1, 0.15) is 138 Å². The molecule has 4 fully saturated rings. The van der Waals surface area contributed by atoms with Crippen molar-refractivity contribution in [2.24, 2.45) is 50.2 Å². The Balaban J connectivity index is 1.38. The second kappa shape index (κ2) is 11.4. The Kier molecular flexibility index (Phi) is 8.71. The van der Waals surface area contributed by atoms with Crippen molar-refractivity contribution in [2.75, 3.05) is 14.2 Å². The minimum atomic E-state index is -0.372. The molecule has 0 bridgehead atoms. The van der Waals surface area contributed by atoms with Crippen LogP contribution in [-0.2, 0) is 28.6 Å². The monoisotopic (exact) mass is 612 g/mol. The number of ether oxygens (including phenoxy) is 3. The SMILES string of the molecule is COC(=O)CCCCC(=O)O[C@H]1CC[C@@]2(C)C(CC[C@]3(C)C2CC=C2C4CC(C)(C)CC[C@]4(C(=O)OC)CC[C@]23C)C1(C)C. The Morgan fingerprint density at radius 2 is 1.43 bits per heavy atom. The van der Waals surface area contributed by atoms with Crippen LogP contribution in [0.25, 0.3) is 0 Å². The van der Waals surface area contributed by atoms with E-state index in [2.05, 4.69) is 54.5 Å². The third kappa shape index (κ3) is 5.07. The summed E-state index contributed by atoms with van der Waals surface area (Å²) >= 11 is 0. The van der Waals surface area contributed by atoms with Crippen molar-refractivity contribution in [3.05, 3.63) is 11.6 Å². The molecule has 0 aromatic heterocycles. The van der Waals surface area contributed by atoms with E-state index in [1.807, 2.05) is 0 Å². The summed E-state index contributed by atoms with van der Waals surface area (Å²) in [5, 5.41) is 0. The minimum absolute atomic E-state index is 0.0157. The molecule has 0 heterocycles. The summed E-state index contributed by atoms with van der Waals surface area (Å²) in [6, 6.07) is 0. The van der Waals surface area contributed by atoms with Gasteiger partial charge in [-0.25, -0.2) is 0 Å². The van der Waals surface area contributed by atoms with Gasteiger partial charge in [0, 0.05) is 18.3 Å². The van der Waals surface area contributed by atoms with Gasteiger partial charge in [-0.1, -0.05) is 60.1 Å². The van der Waals surface area contributed by atoms with E-state index in [9.17, 15) is 14.4 Å². The number of methoxy groups -OCH3 is 2. The lowest BCUT2D eigenvalue weighted by Gasteiger charge is -2.71. The molecule has 4 saturated carbocycles. The molecule has 0 aromatic carbocycles. The molecule has 0 aliphatic heterocycles. The van der Waals surface area contributed by atoms with Crippen LogP contribution in [0.15, 0.2) is 11.6 Å². The first kappa shape index (κ1) is 33.5. The van der Waals surface area contributed by atoms with Crippen LogP contribution in [0.4, 0.5) is 0 Å². The topological polar surface area (TPSA) is 78.9 Å². The molecule has 44 heavy (non-hydrogen) atoms. The van der Waals surface area contributed by atoms with Gasteiger partial charge in [0.15, 0.2) is 0 Å². The third-order valence-corrected chi connectivity index (χ3v) is 14.7. The Morgan fingerprint density at radius 1 is 0.773 bits per heavy atom. The number of rotatable bonds is 7. The van der Waals surface area contributed by atoms with E-state index < -0.39 is 0 Å². The maximum Gasteiger partial charge on any atom is 0.312 e. The number of hydrogen-bond donors (Lipinski definition) is 0. The maximum atomic E-state index is 13.5. The number of esters is 3. The number of hydrogen-bond acceptors (Lipinski definition) is 6. The van der Waals surface area contributed by atoms with Crippen molar-refractivity contribution >= 4 is 17.9 Å². The molecule has 8 atom stereocenters. The smallest absolute Gasteiger partial charge is 0.312 e. The highest BCUT2D eigenvalue weighted by Crippen LogP contribution is 2.76. The van der Waals surface area contributed by atoms with E-state index in [0.29, 0.717) is 37.5 Å². The molecule has 3 unspecified atom stereocenters.